The molecule has 2 aromatic rings. The lowest BCUT2D eigenvalue weighted by molar-refractivity contribution is -0.142. The Morgan fingerprint density at radius 1 is 1.13 bits per heavy atom. The highest BCUT2D eigenvalue weighted by Gasteiger charge is 2.55. The van der Waals surface area contributed by atoms with E-state index in [1.54, 1.807) is 12.7 Å². The van der Waals surface area contributed by atoms with Crippen molar-refractivity contribution in [2.45, 2.75) is 37.6 Å². The summed E-state index contributed by atoms with van der Waals surface area (Å²) >= 11 is 0. The van der Waals surface area contributed by atoms with Crippen LogP contribution in [0.1, 0.15) is 31.0 Å². The molecule has 0 N–H and O–H groups in total. The van der Waals surface area contributed by atoms with E-state index in [0.29, 0.717) is 45.2 Å². The summed E-state index contributed by atoms with van der Waals surface area (Å²) < 4.78 is 45.7. The molecule has 4 heterocycles. The molecule has 1 saturated carbocycles. The average Bonchev–Trinajstić information content (AvgIpc) is 3.32. The molecule has 1 aliphatic carbocycles. The Morgan fingerprint density at radius 2 is 1.87 bits per heavy atom. The van der Waals surface area contributed by atoms with Gasteiger partial charge in [-0.2, -0.15) is 13.2 Å². The maximum atomic E-state index is 12.7. The van der Waals surface area contributed by atoms with Crippen molar-refractivity contribution in [2.24, 2.45) is 5.41 Å². The van der Waals surface area contributed by atoms with Crippen molar-refractivity contribution in [1.82, 2.24) is 34.5 Å². The minimum absolute atomic E-state index is 0.00276. The van der Waals surface area contributed by atoms with Crippen LogP contribution in [0.25, 0.3) is 0 Å². The van der Waals surface area contributed by atoms with Gasteiger partial charge in [0.05, 0.1) is 18.4 Å². The molecule has 2 amide bonds. The minimum Gasteiger partial charge on any atom is -0.473 e. The summed E-state index contributed by atoms with van der Waals surface area (Å²) in [6.45, 7) is 2.63. The van der Waals surface area contributed by atoms with Crippen LogP contribution in [-0.2, 0) is 6.18 Å². The zero-order chi connectivity index (χ0) is 20.9. The van der Waals surface area contributed by atoms with Crippen molar-refractivity contribution in [3.63, 3.8) is 0 Å². The highest BCUT2D eigenvalue weighted by atomic mass is 19.4. The second-order valence-electron chi connectivity index (χ2n) is 8.32. The summed E-state index contributed by atoms with van der Waals surface area (Å²) in [7, 11) is 0. The molecule has 2 aliphatic heterocycles. The van der Waals surface area contributed by atoms with Gasteiger partial charge < -0.3 is 19.1 Å². The van der Waals surface area contributed by atoms with Crippen LogP contribution in [0.4, 0.5) is 18.0 Å². The summed E-state index contributed by atoms with van der Waals surface area (Å²) in [5.41, 5.74) is -1.06. The van der Waals surface area contributed by atoms with Gasteiger partial charge in [-0.25, -0.2) is 9.78 Å². The predicted octanol–water partition coefficient (Wildman–Crippen LogP) is 2.00. The smallest absolute Gasteiger partial charge is 0.435 e. The van der Waals surface area contributed by atoms with Gasteiger partial charge >= 0.3 is 12.2 Å². The van der Waals surface area contributed by atoms with Crippen LogP contribution in [0.2, 0.25) is 0 Å². The molecule has 3 fully saturated rings. The molecule has 0 aromatic carbocycles. The Labute approximate surface area is 169 Å². The van der Waals surface area contributed by atoms with E-state index in [4.69, 9.17) is 4.74 Å². The van der Waals surface area contributed by atoms with Gasteiger partial charge in [0.15, 0.2) is 5.69 Å². The Morgan fingerprint density at radius 3 is 2.57 bits per heavy atom. The fraction of sp³-hybridized carbons (Fsp3) is 0.611. The zero-order valence-electron chi connectivity index (χ0n) is 16.0. The zero-order valence-corrected chi connectivity index (χ0v) is 16.0. The first-order valence-corrected chi connectivity index (χ1v) is 9.75. The highest BCUT2D eigenvalue weighted by Crippen LogP contribution is 2.50. The summed E-state index contributed by atoms with van der Waals surface area (Å²) in [6.07, 6.45) is 2.71. The number of likely N-dealkylation sites (tertiary alicyclic amines) is 2. The van der Waals surface area contributed by atoms with E-state index < -0.39 is 11.9 Å². The molecule has 9 nitrogen and oxygen atoms in total. The lowest BCUT2D eigenvalue weighted by Gasteiger charge is -2.58. The van der Waals surface area contributed by atoms with E-state index in [2.05, 4.69) is 20.2 Å². The maximum Gasteiger partial charge on any atom is 0.435 e. The van der Waals surface area contributed by atoms with Crippen LogP contribution >= 0.6 is 0 Å². The Balaban J connectivity index is 1.10. The summed E-state index contributed by atoms with van der Waals surface area (Å²) in [5, 5.41) is 7.63. The van der Waals surface area contributed by atoms with Gasteiger partial charge in [-0.15, -0.1) is 10.2 Å². The Bertz CT molecular complexity index is 922. The van der Waals surface area contributed by atoms with E-state index >= 15 is 0 Å². The molecule has 0 bridgehead atoms. The first-order chi connectivity index (χ1) is 14.3. The third-order valence-electron chi connectivity index (χ3n) is 6.13. The van der Waals surface area contributed by atoms with E-state index in [-0.39, 0.29) is 29.5 Å². The number of ether oxygens (including phenoxy) is 1. The standard InChI is InChI=1S/C18H20F3N7O2/c19-18(20,21)14-5-22-6-15(25-14)30-13-3-17(4-13)8-27(9-17)16(29)26-2-1-12(7-26)28-10-23-24-11-28/h5-6,10-13H,1-4,7-9H2/t12-/m0/s1. The van der Waals surface area contributed by atoms with Crippen LogP contribution < -0.4 is 4.74 Å². The molecule has 1 spiro atoms. The maximum absolute atomic E-state index is 12.7. The van der Waals surface area contributed by atoms with E-state index in [0.717, 1.165) is 6.42 Å². The Hall–Kier alpha value is -2.92. The molecule has 5 rings (SSSR count). The third-order valence-corrected chi connectivity index (χ3v) is 6.13. The molecule has 2 saturated heterocycles. The van der Waals surface area contributed by atoms with Crippen molar-refractivity contribution in [1.29, 1.82) is 0 Å². The van der Waals surface area contributed by atoms with E-state index in [1.165, 1.54) is 6.20 Å². The summed E-state index contributed by atoms with van der Waals surface area (Å²) in [5.74, 6) is -0.117. The highest BCUT2D eigenvalue weighted by molar-refractivity contribution is 5.76. The van der Waals surface area contributed by atoms with E-state index in [1.807, 2.05) is 14.4 Å². The second kappa shape index (κ2) is 6.81. The number of hydrogen-bond acceptors (Lipinski definition) is 6. The van der Waals surface area contributed by atoms with Gasteiger partial charge in [0.1, 0.15) is 18.8 Å². The van der Waals surface area contributed by atoms with Crippen LogP contribution in [0.5, 0.6) is 5.88 Å². The second-order valence-corrected chi connectivity index (χ2v) is 8.32. The van der Waals surface area contributed by atoms with Gasteiger partial charge in [-0.1, -0.05) is 0 Å². The largest absolute Gasteiger partial charge is 0.473 e. The molecule has 12 heteroatoms. The van der Waals surface area contributed by atoms with Crippen molar-refractivity contribution >= 4 is 6.03 Å². The van der Waals surface area contributed by atoms with Gasteiger partial charge in [-0.05, 0) is 19.3 Å². The third kappa shape index (κ3) is 3.43. The number of amides is 2. The molecular formula is C18H20F3N7O2. The van der Waals surface area contributed by atoms with Crippen LogP contribution in [0, 0.1) is 5.41 Å². The molecule has 2 aromatic heterocycles. The summed E-state index contributed by atoms with van der Waals surface area (Å²) in [4.78, 5) is 23.5. The molecular weight excluding hydrogens is 403 g/mol. The van der Waals surface area contributed by atoms with Crippen molar-refractivity contribution in [2.75, 3.05) is 26.2 Å². The number of nitrogens with zero attached hydrogens (tertiary/aromatic N) is 7. The minimum atomic E-state index is -4.55. The molecule has 160 valence electrons. The number of halogens is 3. The SMILES string of the molecule is O=C(N1CC[C@H](n2cnnc2)C1)N1CC2(CC(Oc3cncc(C(F)(F)F)n3)C2)C1. The lowest BCUT2D eigenvalue weighted by Crippen LogP contribution is -2.67. The number of aromatic nitrogens is 5. The number of carbonyl (C=O) groups excluding carboxylic acids is 1. The topological polar surface area (TPSA) is 89.3 Å². The average molecular weight is 423 g/mol. The molecule has 1 atom stereocenters. The summed E-state index contributed by atoms with van der Waals surface area (Å²) in [6, 6.07) is 0.235. The first-order valence-electron chi connectivity index (χ1n) is 9.75. The van der Waals surface area contributed by atoms with Crippen molar-refractivity contribution in [3.05, 3.63) is 30.7 Å². The number of alkyl halides is 3. The Kier molecular flexibility index (Phi) is 4.33. The number of rotatable bonds is 3. The quantitative estimate of drug-likeness (QED) is 0.750. The van der Waals surface area contributed by atoms with Crippen LogP contribution in [0.15, 0.2) is 25.0 Å². The van der Waals surface area contributed by atoms with E-state index in [9.17, 15) is 18.0 Å². The number of carbonyl (C=O) groups is 1. The molecule has 3 aliphatic rings. The lowest BCUT2D eigenvalue weighted by atomic mass is 9.62. The fourth-order valence-corrected chi connectivity index (χ4v) is 4.61. The molecule has 30 heavy (non-hydrogen) atoms. The van der Waals surface area contributed by atoms with Gasteiger partial charge in [0, 0.05) is 31.6 Å². The predicted molar refractivity (Wildman–Crippen MR) is 95.3 cm³/mol. The molecule has 0 unspecified atom stereocenters. The first kappa shape index (κ1) is 19.1. The number of urea groups is 1. The van der Waals surface area contributed by atoms with Gasteiger partial charge in [-0.3, -0.25) is 4.98 Å². The van der Waals surface area contributed by atoms with Crippen LogP contribution in [0.3, 0.4) is 0 Å². The normalized spacial score (nSPS) is 23.4. The van der Waals surface area contributed by atoms with Crippen molar-refractivity contribution in [3.8, 4) is 5.88 Å². The number of hydrogen-bond donors (Lipinski definition) is 0. The van der Waals surface area contributed by atoms with Gasteiger partial charge in [0.2, 0.25) is 5.88 Å². The molecule has 0 radical (unpaired) electrons. The van der Waals surface area contributed by atoms with Crippen molar-refractivity contribution < 1.29 is 22.7 Å². The fourth-order valence-electron chi connectivity index (χ4n) is 4.61. The monoisotopic (exact) mass is 423 g/mol. The van der Waals surface area contributed by atoms with Gasteiger partial charge in [0.25, 0.3) is 0 Å². The van der Waals surface area contributed by atoms with Crippen LogP contribution in [-0.4, -0.2) is 72.8 Å².